The zero-order valence-electron chi connectivity index (χ0n) is 12.3. The van der Waals surface area contributed by atoms with E-state index in [2.05, 4.69) is 45.4 Å². The molecule has 0 aliphatic carbocycles. The maximum atomic E-state index is 11.7. The van der Waals surface area contributed by atoms with Gasteiger partial charge >= 0.3 is 0 Å². The molecule has 0 aliphatic heterocycles. The van der Waals surface area contributed by atoms with E-state index in [1.165, 1.54) is 0 Å². The Morgan fingerprint density at radius 3 is 2.86 bits per heavy atom. The fourth-order valence-electron chi connectivity index (χ4n) is 2.01. The number of carbonyl (C=O) groups is 1. The van der Waals surface area contributed by atoms with Gasteiger partial charge in [0.25, 0.3) is 0 Å². The predicted molar refractivity (Wildman–Crippen MR) is 90.4 cm³/mol. The Kier molecular flexibility index (Phi) is 5.56. The minimum Gasteiger partial charge on any atom is -0.369 e. The number of rotatable bonds is 6. The number of aromatic nitrogens is 1. The van der Waals surface area contributed by atoms with Crippen molar-refractivity contribution in [3.05, 3.63) is 34.9 Å². The van der Waals surface area contributed by atoms with Gasteiger partial charge in [-0.15, -0.1) is 0 Å². The molecule has 5 heteroatoms. The molecule has 0 aliphatic rings. The van der Waals surface area contributed by atoms with Crippen LogP contribution in [0.15, 0.2) is 34.9 Å². The van der Waals surface area contributed by atoms with Crippen molar-refractivity contribution >= 4 is 38.4 Å². The Morgan fingerprint density at radius 2 is 2.10 bits per heavy atom. The Balaban J connectivity index is 1.95. The third-order valence-electron chi connectivity index (χ3n) is 3.10. The summed E-state index contributed by atoms with van der Waals surface area (Å²) in [6.07, 6.45) is 2.22. The van der Waals surface area contributed by atoms with Gasteiger partial charge < -0.3 is 10.6 Å². The molecule has 2 aromatic rings. The number of fused-ring (bicyclic) bond motifs is 1. The highest BCUT2D eigenvalue weighted by Gasteiger charge is 2.06. The molecule has 0 radical (unpaired) electrons. The predicted octanol–water partition coefficient (Wildman–Crippen LogP) is 3.57. The second-order valence-corrected chi connectivity index (χ2v) is 6.22. The van der Waals surface area contributed by atoms with Gasteiger partial charge in [0.1, 0.15) is 5.82 Å². The van der Waals surface area contributed by atoms with E-state index in [1.807, 2.05) is 24.3 Å². The molecule has 21 heavy (non-hydrogen) atoms. The van der Waals surface area contributed by atoms with Crippen molar-refractivity contribution in [1.29, 1.82) is 0 Å². The molecule has 112 valence electrons. The van der Waals surface area contributed by atoms with Gasteiger partial charge in [-0.05, 0) is 18.1 Å². The lowest BCUT2D eigenvalue weighted by atomic mass is 10.1. The fourth-order valence-corrected chi connectivity index (χ4v) is 2.51. The largest absolute Gasteiger partial charge is 0.369 e. The third kappa shape index (κ3) is 4.43. The van der Waals surface area contributed by atoms with Crippen LogP contribution < -0.4 is 10.6 Å². The first-order valence-corrected chi connectivity index (χ1v) is 7.91. The van der Waals surface area contributed by atoms with Crippen LogP contribution in [0.1, 0.15) is 20.3 Å². The zero-order chi connectivity index (χ0) is 15.2. The molecule has 0 bridgehead atoms. The highest BCUT2D eigenvalue weighted by atomic mass is 79.9. The van der Waals surface area contributed by atoms with Crippen molar-refractivity contribution in [3.63, 3.8) is 0 Å². The quantitative estimate of drug-likeness (QED) is 0.837. The van der Waals surface area contributed by atoms with Crippen LogP contribution in [-0.2, 0) is 4.79 Å². The first-order chi connectivity index (χ1) is 10.1. The van der Waals surface area contributed by atoms with Gasteiger partial charge in [0.15, 0.2) is 0 Å². The van der Waals surface area contributed by atoms with E-state index in [-0.39, 0.29) is 5.91 Å². The Bertz CT molecular complexity index is 628. The molecule has 1 aromatic carbocycles. The molecule has 0 spiro atoms. The van der Waals surface area contributed by atoms with Crippen LogP contribution in [0.4, 0.5) is 5.82 Å². The SMILES string of the molecule is CC(C)CNC(=O)CCNc1nccc2c(Br)cccc12. The standard InChI is InChI=1S/C16H20BrN3O/c1-11(2)10-20-15(21)7-9-19-16-13-4-3-5-14(17)12(13)6-8-18-16/h3-6,8,11H,7,9-10H2,1-2H3,(H,18,19)(H,20,21). The summed E-state index contributed by atoms with van der Waals surface area (Å²) in [5.74, 6) is 1.35. The number of pyridine rings is 1. The number of hydrogen-bond acceptors (Lipinski definition) is 3. The maximum absolute atomic E-state index is 11.7. The average molecular weight is 350 g/mol. The molecule has 0 fully saturated rings. The lowest BCUT2D eigenvalue weighted by Gasteiger charge is -2.10. The van der Waals surface area contributed by atoms with Crippen LogP contribution in [-0.4, -0.2) is 24.0 Å². The Labute approximate surface area is 133 Å². The van der Waals surface area contributed by atoms with Crippen molar-refractivity contribution in [2.45, 2.75) is 20.3 Å². The topological polar surface area (TPSA) is 54.0 Å². The molecule has 1 heterocycles. The summed E-state index contributed by atoms with van der Waals surface area (Å²) >= 11 is 3.54. The molecule has 0 unspecified atom stereocenters. The van der Waals surface area contributed by atoms with Crippen molar-refractivity contribution in [1.82, 2.24) is 10.3 Å². The van der Waals surface area contributed by atoms with E-state index < -0.39 is 0 Å². The second kappa shape index (κ2) is 7.41. The normalized spacial score (nSPS) is 10.9. The van der Waals surface area contributed by atoms with Crippen LogP contribution in [0.2, 0.25) is 0 Å². The smallest absolute Gasteiger partial charge is 0.221 e. The number of nitrogens with one attached hydrogen (secondary N) is 2. The van der Waals surface area contributed by atoms with E-state index in [1.54, 1.807) is 6.20 Å². The van der Waals surface area contributed by atoms with Gasteiger partial charge in [0.2, 0.25) is 5.91 Å². The summed E-state index contributed by atoms with van der Waals surface area (Å²) in [4.78, 5) is 16.0. The summed E-state index contributed by atoms with van der Waals surface area (Å²) < 4.78 is 1.04. The first-order valence-electron chi connectivity index (χ1n) is 7.11. The summed E-state index contributed by atoms with van der Waals surface area (Å²) in [5.41, 5.74) is 0. The number of halogens is 1. The number of benzene rings is 1. The molecule has 1 amide bonds. The van der Waals surface area contributed by atoms with Gasteiger partial charge in [-0.3, -0.25) is 4.79 Å². The number of nitrogens with zero attached hydrogens (tertiary/aromatic N) is 1. The molecule has 2 rings (SSSR count). The summed E-state index contributed by atoms with van der Waals surface area (Å²) in [7, 11) is 0. The molecule has 0 atom stereocenters. The van der Waals surface area contributed by atoms with Crippen molar-refractivity contribution < 1.29 is 4.79 Å². The maximum Gasteiger partial charge on any atom is 0.221 e. The van der Waals surface area contributed by atoms with Crippen LogP contribution in [0.25, 0.3) is 10.8 Å². The summed E-state index contributed by atoms with van der Waals surface area (Å²) in [5, 5.41) is 8.31. The van der Waals surface area contributed by atoms with Crippen LogP contribution in [0, 0.1) is 5.92 Å². The first kappa shape index (κ1) is 15.8. The van der Waals surface area contributed by atoms with Crippen molar-refractivity contribution in [2.24, 2.45) is 5.92 Å². The highest BCUT2D eigenvalue weighted by molar-refractivity contribution is 9.10. The number of anilines is 1. The minimum absolute atomic E-state index is 0.0672. The van der Waals surface area contributed by atoms with E-state index in [9.17, 15) is 4.79 Å². The third-order valence-corrected chi connectivity index (χ3v) is 3.80. The van der Waals surface area contributed by atoms with Crippen LogP contribution in [0.3, 0.4) is 0 Å². The number of amides is 1. The Morgan fingerprint density at radius 1 is 1.29 bits per heavy atom. The molecule has 0 saturated carbocycles. The molecular formula is C16H20BrN3O. The second-order valence-electron chi connectivity index (χ2n) is 5.37. The van der Waals surface area contributed by atoms with Gasteiger partial charge in [0.05, 0.1) is 0 Å². The van der Waals surface area contributed by atoms with E-state index in [0.29, 0.717) is 18.9 Å². The minimum atomic E-state index is 0.0672. The average Bonchev–Trinajstić information content (AvgIpc) is 2.46. The van der Waals surface area contributed by atoms with Gasteiger partial charge in [-0.25, -0.2) is 4.98 Å². The van der Waals surface area contributed by atoms with Crippen LogP contribution in [0.5, 0.6) is 0 Å². The van der Waals surface area contributed by atoms with E-state index >= 15 is 0 Å². The Hall–Kier alpha value is -1.62. The molecule has 1 aromatic heterocycles. The van der Waals surface area contributed by atoms with Crippen molar-refractivity contribution in [3.8, 4) is 0 Å². The molecule has 2 N–H and O–H groups in total. The fraction of sp³-hybridized carbons (Fsp3) is 0.375. The molecule has 4 nitrogen and oxygen atoms in total. The zero-order valence-corrected chi connectivity index (χ0v) is 13.9. The number of carbonyl (C=O) groups excluding carboxylic acids is 1. The van der Waals surface area contributed by atoms with Gasteiger partial charge in [0, 0.05) is 41.0 Å². The highest BCUT2D eigenvalue weighted by Crippen LogP contribution is 2.27. The van der Waals surface area contributed by atoms with E-state index in [0.717, 1.165) is 27.6 Å². The summed E-state index contributed by atoms with van der Waals surface area (Å²) in [6, 6.07) is 7.98. The lowest BCUT2D eigenvalue weighted by molar-refractivity contribution is -0.120. The van der Waals surface area contributed by atoms with Crippen molar-refractivity contribution in [2.75, 3.05) is 18.4 Å². The monoisotopic (exact) mass is 349 g/mol. The van der Waals surface area contributed by atoms with Gasteiger partial charge in [-0.1, -0.05) is 41.9 Å². The molecular weight excluding hydrogens is 330 g/mol. The summed E-state index contributed by atoms with van der Waals surface area (Å²) in [6.45, 7) is 5.45. The van der Waals surface area contributed by atoms with E-state index in [4.69, 9.17) is 0 Å². The molecule has 0 saturated heterocycles. The number of hydrogen-bond donors (Lipinski definition) is 2. The van der Waals surface area contributed by atoms with Crippen LogP contribution >= 0.6 is 15.9 Å². The van der Waals surface area contributed by atoms with Gasteiger partial charge in [-0.2, -0.15) is 0 Å². The lowest BCUT2D eigenvalue weighted by Crippen LogP contribution is -2.28.